The average molecular weight is 767 g/mol. The van der Waals surface area contributed by atoms with Gasteiger partial charge in [0.2, 0.25) is 41.4 Å². The fraction of sp³-hybridized carbons (Fsp3) is 0.516. The number of carboxylic acids is 1. The zero-order valence-electron chi connectivity index (χ0n) is 28.9. The zero-order valence-corrected chi connectivity index (χ0v) is 30.6. The number of carboxylic acid groups (broad SMARTS) is 1. The number of guanidine groups is 1. The van der Waals surface area contributed by atoms with Crippen molar-refractivity contribution in [3.63, 3.8) is 0 Å². The van der Waals surface area contributed by atoms with E-state index in [9.17, 15) is 43.5 Å². The molecule has 1 aromatic carbocycles. The first-order valence-corrected chi connectivity index (χ1v) is 18.4. The maximum Gasteiger partial charge on any atom is 0.305 e. The Balaban J connectivity index is 2.54. The van der Waals surface area contributed by atoms with Crippen molar-refractivity contribution in [2.24, 2.45) is 22.2 Å². The third kappa shape index (κ3) is 15.1. The number of carbonyl (C=O) groups is 8. The minimum atomic E-state index is -1.69. The van der Waals surface area contributed by atoms with E-state index in [-0.39, 0.29) is 37.5 Å². The van der Waals surface area contributed by atoms with Crippen molar-refractivity contribution in [1.29, 1.82) is 0 Å². The van der Waals surface area contributed by atoms with Gasteiger partial charge in [-0.2, -0.15) is 0 Å². The second-order valence-electron chi connectivity index (χ2n) is 12.3. The van der Waals surface area contributed by atoms with Gasteiger partial charge in [-0.1, -0.05) is 51.9 Å². The molecule has 0 spiro atoms. The lowest BCUT2D eigenvalue weighted by Gasteiger charge is -2.33. The fourth-order valence-electron chi connectivity index (χ4n) is 4.86. The van der Waals surface area contributed by atoms with E-state index in [2.05, 4.69) is 36.9 Å². The summed E-state index contributed by atoms with van der Waals surface area (Å²) in [6.07, 6.45) is -0.750. The molecule has 19 nitrogen and oxygen atoms in total. The molecule has 1 fully saturated rings. The van der Waals surface area contributed by atoms with Crippen LogP contribution in [0.2, 0.25) is 0 Å². The van der Waals surface area contributed by atoms with Gasteiger partial charge < -0.3 is 54.2 Å². The summed E-state index contributed by atoms with van der Waals surface area (Å²) in [5.41, 5.74) is 17.1. The van der Waals surface area contributed by atoms with Crippen LogP contribution in [-0.2, 0) is 44.8 Å². The number of hydrogen-bond donors (Lipinski definition) is 10. The summed E-state index contributed by atoms with van der Waals surface area (Å²) in [7, 11) is 2.17. The van der Waals surface area contributed by atoms with Crippen LogP contribution in [-0.4, -0.2) is 112 Å². The van der Waals surface area contributed by atoms with Crippen molar-refractivity contribution in [3.05, 3.63) is 35.9 Å². The topological polar surface area (TPSA) is 319 Å². The number of primary amides is 1. The van der Waals surface area contributed by atoms with Crippen molar-refractivity contribution >= 4 is 74.9 Å². The molecule has 7 amide bonds. The lowest BCUT2D eigenvalue weighted by Crippen LogP contribution is -2.61. The lowest BCUT2D eigenvalue weighted by molar-refractivity contribution is -0.141. The van der Waals surface area contributed by atoms with Crippen LogP contribution < -0.4 is 49.1 Å². The predicted molar refractivity (Wildman–Crippen MR) is 194 cm³/mol. The van der Waals surface area contributed by atoms with E-state index in [1.165, 1.54) is 6.92 Å². The van der Waals surface area contributed by atoms with Gasteiger partial charge in [0.05, 0.1) is 13.0 Å². The molecule has 1 heterocycles. The van der Waals surface area contributed by atoms with Crippen LogP contribution in [0.3, 0.4) is 0 Å². The van der Waals surface area contributed by atoms with Crippen LogP contribution in [0.25, 0.3) is 0 Å². The van der Waals surface area contributed by atoms with Gasteiger partial charge in [0.1, 0.15) is 30.2 Å². The quantitative estimate of drug-likeness (QED) is 0.0491. The number of amides is 7. The number of carbonyl (C=O) groups excluding carboxylic acids is 7. The first kappa shape index (κ1) is 43.1. The van der Waals surface area contributed by atoms with E-state index in [4.69, 9.17) is 17.2 Å². The van der Waals surface area contributed by atoms with Crippen LogP contribution >= 0.6 is 21.6 Å². The third-order valence-electron chi connectivity index (χ3n) is 7.42. The molecule has 1 aromatic rings. The normalized spacial score (nSPS) is 23.7. The molecule has 0 radical (unpaired) electrons. The smallest absolute Gasteiger partial charge is 0.305 e. The fourth-order valence-corrected chi connectivity index (χ4v) is 7.68. The van der Waals surface area contributed by atoms with E-state index < -0.39 is 95.2 Å². The van der Waals surface area contributed by atoms with Crippen LogP contribution in [0.5, 0.6) is 0 Å². The summed E-state index contributed by atoms with van der Waals surface area (Å²) in [6, 6.07) is 1.72. The molecule has 0 unspecified atom stereocenters. The summed E-state index contributed by atoms with van der Waals surface area (Å²) < 4.78 is -1.14. The van der Waals surface area contributed by atoms with E-state index in [0.29, 0.717) is 5.56 Å². The second kappa shape index (κ2) is 20.7. The zero-order chi connectivity index (χ0) is 39.0. The minimum Gasteiger partial charge on any atom is -0.481 e. The van der Waals surface area contributed by atoms with E-state index >= 15 is 0 Å². The lowest BCUT2D eigenvalue weighted by atomic mass is 10.00. The second-order valence-corrected chi connectivity index (χ2v) is 15.3. The molecule has 0 aromatic heterocycles. The Kier molecular flexibility index (Phi) is 17.2. The number of benzene rings is 1. The molecule has 0 saturated carbocycles. The first-order valence-electron chi connectivity index (χ1n) is 16.1. The Labute approximate surface area is 307 Å². The molecule has 21 heteroatoms. The molecular formula is C31H46N10O9S2. The van der Waals surface area contributed by atoms with Gasteiger partial charge in [-0.25, -0.2) is 0 Å². The Morgan fingerprint density at radius 2 is 1.54 bits per heavy atom. The molecule has 0 bridgehead atoms. The Morgan fingerprint density at radius 3 is 2.13 bits per heavy atom. The number of nitrogens with one attached hydrogen (secondary N) is 6. The predicted octanol–water partition coefficient (Wildman–Crippen LogP) is -3.02. The van der Waals surface area contributed by atoms with Crippen LogP contribution in [0.1, 0.15) is 45.6 Å². The van der Waals surface area contributed by atoms with E-state index in [0.717, 1.165) is 21.6 Å². The third-order valence-corrected chi connectivity index (χ3v) is 10.7. The molecule has 1 aliphatic heterocycles. The Bertz CT molecular complexity index is 1510. The van der Waals surface area contributed by atoms with Gasteiger partial charge in [0, 0.05) is 30.4 Å². The van der Waals surface area contributed by atoms with Crippen molar-refractivity contribution in [1.82, 2.24) is 31.9 Å². The van der Waals surface area contributed by atoms with Gasteiger partial charge in [-0.05, 0) is 32.3 Å². The van der Waals surface area contributed by atoms with Crippen molar-refractivity contribution < 1.29 is 43.5 Å². The highest BCUT2D eigenvalue weighted by atomic mass is 33.1. The van der Waals surface area contributed by atoms with Gasteiger partial charge in [0.25, 0.3) is 0 Å². The molecule has 52 heavy (non-hydrogen) atoms. The highest BCUT2D eigenvalue weighted by molar-refractivity contribution is 8.77. The molecule has 13 N–H and O–H groups in total. The van der Waals surface area contributed by atoms with Gasteiger partial charge in [-0.3, -0.25) is 43.3 Å². The molecule has 0 aliphatic carbocycles. The largest absolute Gasteiger partial charge is 0.481 e. The molecule has 286 valence electrons. The Morgan fingerprint density at radius 1 is 0.904 bits per heavy atom. The van der Waals surface area contributed by atoms with Crippen molar-refractivity contribution in [3.8, 4) is 0 Å². The number of hydrogen-bond acceptors (Lipinski definition) is 11. The van der Waals surface area contributed by atoms with Crippen LogP contribution in [0, 0.1) is 0 Å². The maximum absolute atomic E-state index is 13.7. The van der Waals surface area contributed by atoms with Crippen molar-refractivity contribution in [2.45, 2.75) is 81.4 Å². The molecular weight excluding hydrogens is 721 g/mol. The number of aliphatic imine (C=N–C) groups is 1. The molecule has 1 aliphatic rings. The van der Waals surface area contributed by atoms with Gasteiger partial charge in [0.15, 0.2) is 5.96 Å². The molecule has 5 atom stereocenters. The summed E-state index contributed by atoms with van der Waals surface area (Å²) in [6.45, 7) is 3.80. The number of nitrogens with two attached hydrogens (primary N) is 3. The minimum absolute atomic E-state index is 0.00449. The molecule has 1 saturated heterocycles. The van der Waals surface area contributed by atoms with Crippen LogP contribution in [0.15, 0.2) is 35.3 Å². The maximum atomic E-state index is 13.7. The molecule has 2 rings (SSSR count). The van der Waals surface area contributed by atoms with Gasteiger partial charge >= 0.3 is 5.97 Å². The SMILES string of the molecule is CC(=O)N[C@H]1CSSC(C)(C)[C@@H](C(N)=O)NC(=O)[C@H](Cc2ccccc2)NC(=O)[C@H](CC(=O)O)NC(=O)CNC(=O)[C@H](CCCN=C(N)N)NC1=O. The Hall–Kier alpha value is -5.05. The highest BCUT2D eigenvalue weighted by Gasteiger charge is 2.39. The number of aliphatic carboxylic acids is 1. The number of rotatable bonds is 10. The van der Waals surface area contributed by atoms with E-state index in [1.807, 2.05) is 0 Å². The average Bonchev–Trinajstić information content (AvgIpc) is 3.05. The highest BCUT2D eigenvalue weighted by Crippen LogP contribution is 2.38. The van der Waals surface area contributed by atoms with Crippen molar-refractivity contribution in [2.75, 3.05) is 18.8 Å². The summed E-state index contributed by atoms with van der Waals surface area (Å²) in [5, 5.41) is 24.3. The number of nitrogens with zero attached hydrogens (tertiary/aromatic N) is 1. The monoisotopic (exact) mass is 766 g/mol. The van der Waals surface area contributed by atoms with Crippen LogP contribution in [0.4, 0.5) is 0 Å². The standard InChI is InChI=1S/C31H46N10O9S2/c1-16(42)37-21-15-51-52-31(2,3)24(25(32)46)41-28(49)19(12-17-8-5-4-6-9-17)40-27(48)20(13-23(44)45)38-22(43)14-36-26(47)18(39-29(21)50)10-7-11-35-30(33)34/h4-6,8-9,18-21,24H,7,10-15H2,1-3H3,(H2,32,46)(H,36,47)(H,37,42)(H,38,43)(H,39,50)(H,40,48)(H,41,49)(H,44,45)(H4,33,34,35)/t18-,19-,20-,21-,24+/m0/s1. The van der Waals surface area contributed by atoms with E-state index in [1.54, 1.807) is 44.2 Å². The van der Waals surface area contributed by atoms with Gasteiger partial charge in [-0.15, -0.1) is 0 Å². The first-order chi connectivity index (χ1) is 24.4. The summed E-state index contributed by atoms with van der Waals surface area (Å²) in [5.74, 6) is -7.53. The summed E-state index contributed by atoms with van der Waals surface area (Å²) >= 11 is 0. The summed E-state index contributed by atoms with van der Waals surface area (Å²) in [4.78, 5) is 107.